The maximum absolute atomic E-state index is 11.7. The summed E-state index contributed by atoms with van der Waals surface area (Å²) < 4.78 is 6.58. The number of benzene rings is 2. The molecule has 0 aliphatic rings. The van der Waals surface area contributed by atoms with Crippen molar-refractivity contribution in [2.24, 2.45) is 0 Å². The van der Waals surface area contributed by atoms with E-state index in [2.05, 4.69) is 30.8 Å². The molecule has 1 amide bonds. The fourth-order valence-corrected chi connectivity index (χ4v) is 4.46. The quantitative estimate of drug-likeness (QED) is 0.333. The van der Waals surface area contributed by atoms with Gasteiger partial charge in [-0.2, -0.15) is 5.10 Å². The van der Waals surface area contributed by atoms with Crippen LogP contribution in [0.1, 0.15) is 18.4 Å². The number of carbonyl (C=O) groups is 1. The highest BCUT2D eigenvalue weighted by atomic mass is 35.5. The maximum atomic E-state index is 11.7. The average Bonchev–Trinajstić information content (AvgIpc) is 3.22. The molecule has 0 saturated carbocycles. The third-order valence-electron chi connectivity index (χ3n) is 4.52. The van der Waals surface area contributed by atoms with Crippen molar-refractivity contribution < 1.29 is 9.53 Å². The molecule has 11 heteroatoms. The Bertz CT molecular complexity index is 1260. The molecule has 0 fully saturated rings. The normalized spacial score (nSPS) is 10.9. The predicted octanol–water partition coefficient (Wildman–Crippen LogP) is 4.97. The zero-order valence-corrected chi connectivity index (χ0v) is 20.0. The third-order valence-corrected chi connectivity index (χ3v) is 6.19. The van der Waals surface area contributed by atoms with Crippen LogP contribution in [0.3, 0.4) is 0 Å². The molecule has 0 radical (unpaired) electrons. The number of anilines is 1. The summed E-state index contributed by atoms with van der Waals surface area (Å²) in [6.45, 7) is 3.02. The van der Waals surface area contributed by atoms with E-state index >= 15 is 0 Å². The summed E-state index contributed by atoms with van der Waals surface area (Å²) >= 11 is 14.1. The fraction of sp³-hybridized carbons (Fsp3) is 0.227. The number of hydrogen-bond acceptors (Lipinski definition) is 8. The first-order chi connectivity index (χ1) is 16.0. The largest absolute Gasteiger partial charge is 0.484 e. The van der Waals surface area contributed by atoms with E-state index in [1.807, 2.05) is 25.1 Å². The van der Waals surface area contributed by atoms with E-state index in [0.717, 1.165) is 21.6 Å². The SMILES string of the molecule is CCCNC(=O)COc1ccc2sc(CNc3nncc(-c4c(Cl)cccc4Cl)n3)nc2c1. The van der Waals surface area contributed by atoms with Crippen LogP contribution < -0.4 is 15.4 Å². The summed E-state index contributed by atoms with van der Waals surface area (Å²) in [7, 11) is 0. The first-order valence-corrected chi connectivity index (χ1v) is 11.8. The summed E-state index contributed by atoms with van der Waals surface area (Å²) in [5.41, 5.74) is 1.92. The van der Waals surface area contributed by atoms with Gasteiger partial charge in [0.2, 0.25) is 5.95 Å². The smallest absolute Gasteiger partial charge is 0.257 e. The van der Waals surface area contributed by atoms with Crippen LogP contribution in [0.2, 0.25) is 10.0 Å². The van der Waals surface area contributed by atoms with Gasteiger partial charge in [0.15, 0.2) is 6.61 Å². The maximum Gasteiger partial charge on any atom is 0.257 e. The van der Waals surface area contributed by atoms with Crippen molar-refractivity contribution in [3.63, 3.8) is 0 Å². The molecular formula is C22H20Cl2N6O2S. The van der Waals surface area contributed by atoms with Crippen LogP contribution in [-0.2, 0) is 11.3 Å². The minimum absolute atomic E-state index is 0.0276. The lowest BCUT2D eigenvalue weighted by atomic mass is 10.1. The van der Waals surface area contributed by atoms with Gasteiger partial charge in [-0.1, -0.05) is 36.2 Å². The summed E-state index contributed by atoms with van der Waals surface area (Å²) in [4.78, 5) is 20.8. The van der Waals surface area contributed by atoms with Crippen LogP contribution in [0, 0.1) is 0 Å². The first kappa shape index (κ1) is 23.2. The van der Waals surface area contributed by atoms with Gasteiger partial charge in [-0.3, -0.25) is 4.79 Å². The Balaban J connectivity index is 1.42. The van der Waals surface area contributed by atoms with Crippen LogP contribution in [0.4, 0.5) is 5.95 Å². The van der Waals surface area contributed by atoms with Crippen molar-refractivity contribution in [1.29, 1.82) is 0 Å². The van der Waals surface area contributed by atoms with Crippen molar-refractivity contribution in [2.75, 3.05) is 18.5 Å². The predicted molar refractivity (Wildman–Crippen MR) is 131 cm³/mol. The summed E-state index contributed by atoms with van der Waals surface area (Å²) in [6.07, 6.45) is 2.40. The van der Waals surface area contributed by atoms with Crippen molar-refractivity contribution in [2.45, 2.75) is 19.9 Å². The van der Waals surface area contributed by atoms with E-state index in [1.54, 1.807) is 18.2 Å². The molecule has 2 aromatic heterocycles. The zero-order chi connectivity index (χ0) is 23.2. The van der Waals surface area contributed by atoms with Gasteiger partial charge in [0.25, 0.3) is 5.91 Å². The molecule has 33 heavy (non-hydrogen) atoms. The summed E-state index contributed by atoms with van der Waals surface area (Å²) in [6, 6.07) is 10.8. The number of ether oxygens (including phenoxy) is 1. The molecular weight excluding hydrogens is 483 g/mol. The molecule has 4 rings (SSSR count). The van der Waals surface area contributed by atoms with Gasteiger partial charge >= 0.3 is 0 Å². The Morgan fingerprint density at radius 3 is 2.76 bits per heavy atom. The van der Waals surface area contributed by atoms with Gasteiger partial charge in [0.1, 0.15) is 10.8 Å². The van der Waals surface area contributed by atoms with E-state index in [4.69, 9.17) is 27.9 Å². The number of carbonyl (C=O) groups excluding carboxylic acids is 1. The number of thiazole rings is 1. The van der Waals surface area contributed by atoms with E-state index < -0.39 is 0 Å². The van der Waals surface area contributed by atoms with Crippen LogP contribution in [0.25, 0.3) is 21.5 Å². The Hall–Kier alpha value is -3.01. The van der Waals surface area contributed by atoms with Gasteiger partial charge < -0.3 is 15.4 Å². The molecule has 2 N–H and O–H groups in total. The molecule has 0 bridgehead atoms. The third kappa shape index (κ3) is 5.87. The number of halogens is 2. The number of nitrogens with one attached hydrogen (secondary N) is 2. The van der Waals surface area contributed by atoms with Crippen molar-refractivity contribution in [3.8, 4) is 17.0 Å². The molecule has 170 valence electrons. The average molecular weight is 503 g/mol. The number of amides is 1. The molecule has 8 nitrogen and oxygen atoms in total. The van der Waals surface area contributed by atoms with Crippen molar-refractivity contribution in [3.05, 3.63) is 57.6 Å². The number of rotatable bonds is 9. The summed E-state index contributed by atoms with van der Waals surface area (Å²) in [5, 5.41) is 15.8. The lowest BCUT2D eigenvalue weighted by Gasteiger charge is -2.07. The van der Waals surface area contributed by atoms with Crippen molar-refractivity contribution in [1.82, 2.24) is 25.5 Å². The molecule has 0 saturated heterocycles. The number of aromatic nitrogens is 4. The molecule has 0 aliphatic heterocycles. The van der Waals surface area contributed by atoms with E-state index in [9.17, 15) is 4.79 Å². The lowest BCUT2D eigenvalue weighted by molar-refractivity contribution is -0.123. The molecule has 2 heterocycles. The zero-order valence-electron chi connectivity index (χ0n) is 17.6. The Morgan fingerprint density at radius 2 is 1.97 bits per heavy atom. The standard InChI is InChI=1S/C22H20Cl2N6O2S/c1-2-8-25-19(31)12-32-13-6-7-18-16(9-13)28-20(33-18)11-26-22-29-17(10-27-30-22)21-14(23)4-3-5-15(21)24/h3-7,9-10H,2,8,11-12H2,1H3,(H,25,31)(H,26,29,30). The Kier molecular flexibility index (Phi) is 7.54. The monoisotopic (exact) mass is 502 g/mol. The topological polar surface area (TPSA) is 102 Å². The second-order valence-corrected chi connectivity index (χ2v) is 8.92. The van der Waals surface area contributed by atoms with Crippen LogP contribution in [0.5, 0.6) is 5.75 Å². The number of nitrogens with zero attached hydrogens (tertiary/aromatic N) is 4. The molecule has 0 unspecified atom stereocenters. The van der Waals surface area contributed by atoms with Gasteiger partial charge in [-0.25, -0.2) is 9.97 Å². The molecule has 0 aliphatic carbocycles. The van der Waals surface area contributed by atoms with E-state index in [0.29, 0.717) is 46.1 Å². The Labute approximate surface area is 204 Å². The van der Waals surface area contributed by atoms with Gasteiger partial charge in [-0.15, -0.1) is 16.4 Å². The molecule has 0 atom stereocenters. The number of fused-ring (bicyclic) bond motifs is 1. The first-order valence-electron chi connectivity index (χ1n) is 10.2. The lowest BCUT2D eigenvalue weighted by Crippen LogP contribution is -2.29. The fourth-order valence-electron chi connectivity index (χ4n) is 2.98. The minimum atomic E-state index is -0.144. The minimum Gasteiger partial charge on any atom is -0.484 e. The van der Waals surface area contributed by atoms with E-state index in [1.165, 1.54) is 17.5 Å². The van der Waals surface area contributed by atoms with Crippen LogP contribution in [-0.4, -0.2) is 39.2 Å². The van der Waals surface area contributed by atoms with E-state index in [-0.39, 0.29) is 12.5 Å². The Morgan fingerprint density at radius 1 is 1.15 bits per heavy atom. The highest BCUT2D eigenvalue weighted by molar-refractivity contribution is 7.18. The highest BCUT2D eigenvalue weighted by Crippen LogP contribution is 2.33. The second-order valence-electron chi connectivity index (χ2n) is 6.99. The number of hydrogen-bond donors (Lipinski definition) is 2. The van der Waals surface area contributed by atoms with Crippen LogP contribution >= 0.6 is 34.5 Å². The van der Waals surface area contributed by atoms with Crippen LogP contribution in [0.15, 0.2) is 42.6 Å². The van der Waals surface area contributed by atoms with Gasteiger partial charge in [0.05, 0.1) is 38.7 Å². The molecule has 4 aromatic rings. The van der Waals surface area contributed by atoms with Gasteiger partial charge in [0, 0.05) is 18.2 Å². The highest BCUT2D eigenvalue weighted by Gasteiger charge is 2.12. The van der Waals surface area contributed by atoms with Crippen molar-refractivity contribution >= 4 is 56.6 Å². The van der Waals surface area contributed by atoms with Gasteiger partial charge in [-0.05, 0) is 30.7 Å². The molecule has 0 spiro atoms. The second kappa shape index (κ2) is 10.7. The molecule has 2 aromatic carbocycles. The summed E-state index contributed by atoms with van der Waals surface area (Å²) in [5.74, 6) is 0.787.